The summed E-state index contributed by atoms with van der Waals surface area (Å²) in [6.45, 7) is 4.94. The number of ether oxygens (including phenoxy) is 1. The minimum atomic E-state index is -0.121. The molecule has 2 aliphatic rings. The number of halogens is 1. The van der Waals surface area contributed by atoms with Gasteiger partial charge in [-0.25, -0.2) is 4.39 Å². The summed E-state index contributed by atoms with van der Waals surface area (Å²) < 4.78 is 19.6. The summed E-state index contributed by atoms with van der Waals surface area (Å²) in [5.41, 5.74) is 1.72. The summed E-state index contributed by atoms with van der Waals surface area (Å²) in [5, 5.41) is 3.41. The fourth-order valence-electron chi connectivity index (χ4n) is 2.53. The van der Waals surface area contributed by atoms with Crippen molar-refractivity contribution < 1.29 is 9.13 Å². The van der Waals surface area contributed by atoms with E-state index in [-0.39, 0.29) is 11.9 Å². The van der Waals surface area contributed by atoms with Crippen LogP contribution in [0.2, 0.25) is 0 Å². The number of nitrogens with one attached hydrogen (secondary N) is 1. The van der Waals surface area contributed by atoms with E-state index in [1.165, 1.54) is 12.8 Å². The lowest BCUT2D eigenvalue weighted by Gasteiger charge is -2.35. The smallest absolute Gasteiger partial charge is 0.146 e. The van der Waals surface area contributed by atoms with Crippen LogP contribution in [-0.2, 0) is 11.3 Å². The highest BCUT2D eigenvalue weighted by atomic mass is 19.1. The van der Waals surface area contributed by atoms with Crippen LogP contribution in [0.5, 0.6) is 0 Å². The van der Waals surface area contributed by atoms with Crippen LogP contribution >= 0.6 is 0 Å². The maximum atomic E-state index is 14.2. The second-order valence-electron chi connectivity index (χ2n) is 5.56. The molecule has 2 fully saturated rings. The van der Waals surface area contributed by atoms with Crippen LogP contribution in [0.3, 0.4) is 0 Å². The predicted molar refractivity (Wildman–Crippen MR) is 73.9 cm³/mol. The van der Waals surface area contributed by atoms with Gasteiger partial charge in [-0.1, -0.05) is 6.07 Å². The zero-order valence-corrected chi connectivity index (χ0v) is 11.4. The van der Waals surface area contributed by atoms with E-state index in [0.29, 0.717) is 24.9 Å². The van der Waals surface area contributed by atoms with E-state index in [1.54, 1.807) is 6.07 Å². The second-order valence-corrected chi connectivity index (χ2v) is 5.56. The van der Waals surface area contributed by atoms with Crippen molar-refractivity contribution in [1.29, 1.82) is 0 Å². The maximum Gasteiger partial charge on any atom is 0.146 e. The summed E-state index contributed by atoms with van der Waals surface area (Å²) in [6, 6.07) is 6.48. The summed E-state index contributed by atoms with van der Waals surface area (Å²) >= 11 is 0. The van der Waals surface area contributed by atoms with Gasteiger partial charge in [0.2, 0.25) is 0 Å². The SMILES string of the molecule is CC1COCCN1c1ccc(CNC2CC2)cc1F. The molecule has 1 N–H and O–H groups in total. The van der Waals surface area contributed by atoms with E-state index in [1.807, 2.05) is 12.1 Å². The van der Waals surface area contributed by atoms with Crippen molar-refractivity contribution in [3.05, 3.63) is 29.6 Å². The van der Waals surface area contributed by atoms with Gasteiger partial charge in [0.05, 0.1) is 18.9 Å². The molecule has 3 nitrogen and oxygen atoms in total. The number of anilines is 1. The maximum absolute atomic E-state index is 14.2. The van der Waals surface area contributed by atoms with Gasteiger partial charge >= 0.3 is 0 Å². The lowest BCUT2D eigenvalue weighted by Crippen LogP contribution is -2.44. The Bertz CT molecular complexity index is 448. The average molecular weight is 264 g/mol. The van der Waals surface area contributed by atoms with Crippen LogP contribution < -0.4 is 10.2 Å². The normalized spacial score (nSPS) is 23.7. The highest BCUT2D eigenvalue weighted by Crippen LogP contribution is 2.25. The van der Waals surface area contributed by atoms with Gasteiger partial charge in [0, 0.05) is 25.2 Å². The first-order valence-corrected chi connectivity index (χ1v) is 7.10. The Balaban J connectivity index is 1.70. The molecule has 1 aromatic rings. The van der Waals surface area contributed by atoms with E-state index in [0.717, 1.165) is 18.7 Å². The standard InChI is InChI=1S/C15H21FN2O/c1-11-10-19-7-6-18(11)15-5-2-12(8-14(15)16)9-17-13-3-4-13/h2,5,8,11,13,17H,3-4,6-7,9-10H2,1H3. The summed E-state index contributed by atoms with van der Waals surface area (Å²) in [6.07, 6.45) is 2.51. The van der Waals surface area contributed by atoms with E-state index in [2.05, 4.69) is 17.1 Å². The lowest BCUT2D eigenvalue weighted by atomic mass is 10.1. The third kappa shape index (κ3) is 3.07. The van der Waals surface area contributed by atoms with E-state index in [9.17, 15) is 4.39 Å². The van der Waals surface area contributed by atoms with Crippen LogP contribution in [0, 0.1) is 5.82 Å². The molecule has 4 heteroatoms. The zero-order valence-electron chi connectivity index (χ0n) is 11.4. The van der Waals surface area contributed by atoms with Crippen molar-refractivity contribution in [2.24, 2.45) is 0 Å². The van der Waals surface area contributed by atoms with Crippen molar-refractivity contribution in [3.8, 4) is 0 Å². The molecular weight excluding hydrogens is 243 g/mol. The molecule has 1 saturated heterocycles. The number of rotatable bonds is 4. The summed E-state index contributed by atoms with van der Waals surface area (Å²) in [5.74, 6) is -0.121. The molecule has 0 aromatic heterocycles. The molecule has 1 saturated carbocycles. The first kappa shape index (κ1) is 12.9. The van der Waals surface area contributed by atoms with Gasteiger partial charge in [0.15, 0.2) is 0 Å². The first-order valence-electron chi connectivity index (χ1n) is 7.10. The van der Waals surface area contributed by atoms with Crippen molar-refractivity contribution in [3.63, 3.8) is 0 Å². The number of hydrogen-bond donors (Lipinski definition) is 1. The molecule has 1 atom stereocenters. The van der Waals surface area contributed by atoms with Gasteiger partial charge in [0.1, 0.15) is 5.82 Å². The number of benzene rings is 1. The van der Waals surface area contributed by atoms with Gasteiger partial charge in [-0.2, -0.15) is 0 Å². The fourth-order valence-corrected chi connectivity index (χ4v) is 2.53. The number of nitrogens with zero attached hydrogens (tertiary/aromatic N) is 1. The molecule has 0 radical (unpaired) electrons. The molecule has 1 aliphatic carbocycles. The Hall–Kier alpha value is -1.13. The molecule has 1 aromatic carbocycles. The Labute approximate surface area is 113 Å². The topological polar surface area (TPSA) is 24.5 Å². The van der Waals surface area contributed by atoms with Crippen molar-refractivity contribution in [2.75, 3.05) is 24.7 Å². The quantitative estimate of drug-likeness (QED) is 0.903. The Morgan fingerprint density at radius 1 is 1.42 bits per heavy atom. The van der Waals surface area contributed by atoms with Gasteiger partial charge in [-0.05, 0) is 37.5 Å². The highest BCUT2D eigenvalue weighted by molar-refractivity contribution is 5.50. The molecule has 0 amide bonds. The van der Waals surface area contributed by atoms with E-state index < -0.39 is 0 Å². The largest absolute Gasteiger partial charge is 0.377 e. The molecular formula is C15H21FN2O. The average Bonchev–Trinajstić information content (AvgIpc) is 3.22. The van der Waals surface area contributed by atoms with Crippen LogP contribution in [0.1, 0.15) is 25.3 Å². The van der Waals surface area contributed by atoms with Crippen LogP contribution in [-0.4, -0.2) is 31.8 Å². The molecule has 1 unspecified atom stereocenters. The highest BCUT2D eigenvalue weighted by Gasteiger charge is 2.22. The molecule has 19 heavy (non-hydrogen) atoms. The van der Waals surface area contributed by atoms with Crippen LogP contribution in [0.4, 0.5) is 10.1 Å². The third-order valence-electron chi connectivity index (χ3n) is 3.86. The molecule has 104 valence electrons. The molecule has 0 spiro atoms. The van der Waals surface area contributed by atoms with Gasteiger partial charge in [-0.3, -0.25) is 0 Å². The number of morpholine rings is 1. The number of hydrogen-bond acceptors (Lipinski definition) is 3. The van der Waals surface area contributed by atoms with Crippen molar-refractivity contribution in [1.82, 2.24) is 5.32 Å². The molecule has 1 heterocycles. The predicted octanol–water partition coefficient (Wildman–Crippen LogP) is 2.30. The van der Waals surface area contributed by atoms with Crippen molar-refractivity contribution >= 4 is 5.69 Å². The Morgan fingerprint density at radius 2 is 2.26 bits per heavy atom. The molecule has 1 aliphatic heterocycles. The summed E-state index contributed by atoms with van der Waals surface area (Å²) in [4.78, 5) is 2.09. The summed E-state index contributed by atoms with van der Waals surface area (Å²) in [7, 11) is 0. The Kier molecular flexibility index (Phi) is 3.71. The van der Waals surface area contributed by atoms with Gasteiger partial charge in [0.25, 0.3) is 0 Å². The first-order chi connectivity index (χ1) is 9.24. The minimum absolute atomic E-state index is 0.121. The van der Waals surface area contributed by atoms with Gasteiger partial charge < -0.3 is 15.0 Å². The molecule has 3 rings (SSSR count). The van der Waals surface area contributed by atoms with E-state index in [4.69, 9.17) is 4.74 Å². The lowest BCUT2D eigenvalue weighted by molar-refractivity contribution is 0.0986. The van der Waals surface area contributed by atoms with E-state index >= 15 is 0 Å². The van der Waals surface area contributed by atoms with Gasteiger partial charge in [-0.15, -0.1) is 0 Å². The monoisotopic (exact) mass is 264 g/mol. The van der Waals surface area contributed by atoms with Crippen molar-refractivity contribution in [2.45, 2.75) is 38.4 Å². The second kappa shape index (κ2) is 5.47. The fraction of sp³-hybridized carbons (Fsp3) is 0.600. The van der Waals surface area contributed by atoms with Crippen LogP contribution in [0.25, 0.3) is 0 Å². The zero-order chi connectivity index (χ0) is 13.2. The van der Waals surface area contributed by atoms with Crippen LogP contribution in [0.15, 0.2) is 18.2 Å². The minimum Gasteiger partial charge on any atom is -0.377 e. The molecule has 0 bridgehead atoms. The third-order valence-corrected chi connectivity index (χ3v) is 3.86. The Morgan fingerprint density at radius 3 is 2.95 bits per heavy atom.